The smallest absolute Gasteiger partial charge is 0.243 e. The number of phenolic OH excluding ortho intramolecular Hbond substituents is 1. The number of aromatic hydroxyl groups is 1. The first-order chi connectivity index (χ1) is 16.3. The maximum Gasteiger partial charge on any atom is 0.243 e. The van der Waals surface area contributed by atoms with Gasteiger partial charge >= 0.3 is 0 Å². The molecule has 0 unspecified atom stereocenters. The van der Waals surface area contributed by atoms with Gasteiger partial charge in [0.15, 0.2) is 5.96 Å². The van der Waals surface area contributed by atoms with Gasteiger partial charge in [-0.3, -0.25) is 14.6 Å². The number of amides is 2. The number of nitrogens with two attached hydrogens (primary N) is 3. The Morgan fingerprint density at radius 2 is 1.59 bits per heavy atom. The molecule has 0 saturated heterocycles. The highest BCUT2D eigenvalue weighted by molar-refractivity contribution is 5.91. The van der Waals surface area contributed by atoms with Crippen molar-refractivity contribution in [2.45, 2.75) is 43.8 Å². The van der Waals surface area contributed by atoms with Gasteiger partial charge in [0.25, 0.3) is 0 Å². The molecule has 0 aliphatic heterocycles. The molecule has 0 bridgehead atoms. The molecule has 0 aliphatic rings. The molecular formula is C24H32N6O4. The fourth-order valence-electron chi connectivity index (χ4n) is 3.29. The van der Waals surface area contributed by atoms with Crippen molar-refractivity contribution in [1.82, 2.24) is 10.6 Å². The Labute approximate surface area is 198 Å². The highest BCUT2D eigenvalue weighted by Crippen LogP contribution is 2.11. The number of hydrogen-bond donors (Lipinski definition) is 6. The first-order valence-electron chi connectivity index (χ1n) is 11.0. The summed E-state index contributed by atoms with van der Waals surface area (Å²) in [6.07, 6.45) is 1.94. The van der Waals surface area contributed by atoms with Crippen LogP contribution in [0.2, 0.25) is 0 Å². The van der Waals surface area contributed by atoms with Crippen LogP contribution in [0, 0.1) is 0 Å². The Kier molecular flexibility index (Phi) is 10.5. The predicted molar refractivity (Wildman–Crippen MR) is 130 cm³/mol. The zero-order valence-corrected chi connectivity index (χ0v) is 18.9. The minimum Gasteiger partial charge on any atom is -0.508 e. The molecule has 2 amide bonds. The summed E-state index contributed by atoms with van der Waals surface area (Å²) in [5, 5.41) is 14.8. The van der Waals surface area contributed by atoms with Gasteiger partial charge in [-0.2, -0.15) is 0 Å². The number of phenols is 1. The van der Waals surface area contributed by atoms with Crippen LogP contribution in [0.5, 0.6) is 5.75 Å². The SMILES string of the molecule is NC(N)=NCCC[C@@H](C=O)NC(=O)[C@@H](Cc1ccccc1)NC(=O)[C@@H](N)Cc1ccc(O)cc1. The number of rotatable bonds is 13. The third-order valence-corrected chi connectivity index (χ3v) is 5.10. The number of nitrogens with zero attached hydrogens (tertiary/aromatic N) is 1. The Bertz CT molecular complexity index is 961. The molecule has 2 rings (SSSR count). The van der Waals surface area contributed by atoms with Gasteiger partial charge in [-0.15, -0.1) is 0 Å². The predicted octanol–water partition coefficient (Wildman–Crippen LogP) is -0.273. The monoisotopic (exact) mass is 468 g/mol. The molecule has 10 nitrogen and oxygen atoms in total. The summed E-state index contributed by atoms with van der Waals surface area (Å²) in [5.41, 5.74) is 18.3. The normalized spacial score (nSPS) is 13.2. The number of carbonyl (C=O) groups excluding carboxylic acids is 3. The van der Waals surface area contributed by atoms with Crippen molar-refractivity contribution >= 4 is 24.1 Å². The first-order valence-corrected chi connectivity index (χ1v) is 11.0. The number of benzene rings is 2. The van der Waals surface area contributed by atoms with E-state index in [-0.39, 0.29) is 24.6 Å². The Balaban J connectivity index is 2.04. The molecule has 9 N–H and O–H groups in total. The van der Waals surface area contributed by atoms with E-state index in [1.165, 1.54) is 12.1 Å². The molecular weight excluding hydrogens is 436 g/mol. The Hall–Kier alpha value is -3.92. The van der Waals surface area contributed by atoms with Crippen molar-refractivity contribution in [3.8, 4) is 5.75 Å². The van der Waals surface area contributed by atoms with Crippen molar-refractivity contribution in [1.29, 1.82) is 0 Å². The molecule has 0 fully saturated rings. The summed E-state index contributed by atoms with van der Waals surface area (Å²) in [6, 6.07) is 13.0. The van der Waals surface area contributed by atoms with E-state index in [0.29, 0.717) is 25.7 Å². The summed E-state index contributed by atoms with van der Waals surface area (Å²) in [5.74, 6) is -0.919. The van der Waals surface area contributed by atoms with E-state index in [9.17, 15) is 19.5 Å². The van der Waals surface area contributed by atoms with Crippen molar-refractivity contribution in [3.05, 3.63) is 65.7 Å². The van der Waals surface area contributed by atoms with E-state index >= 15 is 0 Å². The summed E-state index contributed by atoms with van der Waals surface area (Å²) >= 11 is 0. The number of carbonyl (C=O) groups is 3. The van der Waals surface area contributed by atoms with Crippen molar-refractivity contribution in [3.63, 3.8) is 0 Å². The van der Waals surface area contributed by atoms with Crippen LogP contribution >= 0.6 is 0 Å². The van der Waals surface area contributed by atoms with Gasteiger partial charge in [0.1, 0.15) is 18.1 Å². The molecule has 182 valence electrons. The maximum atomic E-state index is 13.0. The van der Waals surface area contributed by atoms with Gasteiger partial charge in [0.05, 0.1) is 12.1 Å². The summed E-state index contributed by atoms with van der Waals surface area (Å²) in [4.78, 5) is 41.1. The zero-order valence-electron chi connectivity index (χ0n) is 18.9. The van der Waals surface area contributed by atoms with Gasteiger partial charge in [0.2, 0.25) is 11.8 Å². The van der Waals surface area contributed by atoms with Crippen molar-refractivity contribution in [2.24, 2.45) is 22.2 Å². The van der Waals surface area contributed by atoms with Crippen molar-refractivity contribution < 1.29 is 19.5 Å². The number of nitrogens with one attached hydrogen (secondary N) is 2. The minimum atomic E-state index is -0.930. The van der Waals surface area contributed by atoms with E-state index in [2.05, 4.69) is 15.6 Å². The fraction of sp³-hybridized carbons (Fsp3) is 0.333. The third-order valence-electron chi connectivity index (χ3n) is 5.10. The minimum absolute atomic E-state index is 0.0408. The lowest BCUT2D eigenvalue weighted by molar-refractivity contribution is -0.130. The highest BCUT2D eigenvalue weighted by atomic mass is 16.3. The molecule has 3 atom stereocenters. The standard InChI is InChI=1S/C24H32N6O4/c25-20(13-17-8-10-19(32)11-9-17)22(33)30-21(14-16-5-2-1-3-6-16)23(34)29-18(15-31)7-4-12-28-24(26)27/h1-3,5-6,8-11,15,18,20-21,32H,4,7,12-14,25H2,(H,29,34)(H,30,33)(H4,26,27,28)/t18-,20-,21+/m0/s1. The second-order valence-corrected chi connectivity index (χ2v) is 7.93. The molecule has 0 aliphatic carbocycles. The van der Waals surface area contributed by atoms with E-state index in [1.54, 1.807) is 12.1 Å². The average molecular weight is 469 g/mol. The van der Waals surface area contributed by atoms with Crippen molar-refractivity contribution in [2.75, 3.05) is 6.54 Å². The van der Waals surface area contributed by atoms with Crippen LogP contribution in [0.25, 0.3) is 0 Å². The van der Waals surface area contributed by atoms with Gasteiger partial charge in [0, 0.05) is 13.0 Å². The fourth-order valence-corrected chi connectivity index (χ4v) is 3.29. The highest BCUT2D eigenvalue weighted by Gasteiger charge is 2.26. The summed E-state index contributed by atoms with van der Waals surface area (Å²) < 4.78 is 0. The first kappa shape index (κ1) is 26.3. The Morgan fingerprint density at radius 1 is 0.941 bits per heavy atom. The largest absolute Gasteiger partial charge is 0.508 e. The second kappa shape index (κ2) is 13.6. The molecule has 0 saturated carbocycles. The lowest BCUT2D eigenvalue weighted by Gasteiger charge is -2.23. The molecule has 2 aromatic carbocycles. The topological polar surface area (TPSA) is 186 Å². The molecule has 0 radical (unpaired) electrons. The summed E-state index contributed by atoms with van der Waals surface area (Å²) in [7, 11) is 0. The number of aliphatic imine (C=N–C) groups is 1. The lowest BCUT2D eigenvalue weighted by atomic mass is 10.0. The van der Waals surface area contributed by atoms with Gasteiger partial charge in [-0.1, -0.05) is 42.5 Å². The van der Waals surface area contributed by atoms with Crippen LogP contribution in [-0.2, 0) is 27.2 Å². The van der Waals surface area contributed by atoms with Crippen LogP contribution in [0.4, 0.5) is 0 Å². The maximum absolute atomic E-state index is 13.0. The second-order valence-electron chi connectivity index (χ2n) is 7.93. The third kappa shape index (κ3) is 9.29. The summed E-state index contributed by atoms with van der Waals surface area (Å²) in [6.45, 7) is 0.332. The van der Waals surface area contributed by atoms with E-state index in [1.807, 2.05) is 30.3 Å². The number of guanidine groups is 1. The molecule has 0 heterocycles. The van der Waals surface area contributed by atoms with Gasteiger partial charge in [-0.25, -0.2) is 0 Å². The quantitative estimate of drug-likeness (QED) is 0.101. The Morgan fingerprint density at radius 3 is 2.21 bits per heavy atom. The molecule has 10 heteroatoms. The van der Waals surface area contributed by atoms with Crippen LogP contribution in [0.15, 0.2) is 59.6 Å². The van der Waals surface area contributed by atoms with E-state index in [4.69, 9.17) is 17.2 Å². The van der Waals surface area contributed by atoms with Gasteiger partial charge in [-0.05, 0) is 42.5 Å². The molecule has 0 aromatic heterocycles. The van der Waals surface area contributed by atoms with Crippen LogP contribution in [-0.4, -0.2) is 53.8 Å². The van der Waals surface area contributed by atoms with Gasteiger partial charge < -0.3 is 37.7 Å². The molecule has 34 heavy (non-hydrogen) atoms. The lowest BCUT2D eigenvalue weighted by Crippen LogP contribution is -2.54. The van der Waals surface area contributed by atoms with E-state index in [0.717, 1.165) is 11.1 Å². The van der Waals surface area contributed by atoms with E-state index < -0.39 is 29.9 Å². The van der Waals surface area contributed by atoms with Crippen LogP contribution in [0.1, 0.15) is 24.0 Å². The molecule has 2 aromatic rings. The van der Waals surface area contributed by atoms with Crippen LogP contribution in [0.3, 0.4) is 0 Å². The van der Waals surface area contributed by atoms with Crippen LogP contribution < -0.4 is 27.8 Å². The molecule has 0 spiro atoms. The number of aldehydes is 1. The number of hydrogen-bond acceptors (Lipinski definition) is 6. The zero-order chi connectivity index (χ0) is 24.9. The average Bonchev–Trinajstić information content (AvgIpc) is 2.82.